The molecule has 2 aromatic carbocycles. The summed E-state index contributed by atoms with van der Waals surface area (Å²) in [7, 11) is 1.95. The zero-order valence-electron chi connectivity index (χ0n) is 22.1. The van der Waals surface area contributed by atoms with Crippen LogP contribution in [0.3, 0.4) is 0 Å². The van der Waals surface area contributed by atoms with Crippen LogP contribution in [0.25, 0.3) is 11.1 Å². The number of ether oxygens (including phenoxy) is 2. The first-order valence-corrected chi connectivity index (χ1v) is 12.6. The van der Waals surface area contributed by atoms with Gasteiger partial charge in [-0.3, -0.25) is 4.98 Å². The fourth-order valence-electron chi connectivity index (χ4n) is 4.47. The Morgan fingerprint density at radius 1 is 1.03 bits per heavy atom. The van der Waals surface area contributed by atoms with E-state index in [1.807, 2.05) is 57.1 Å². The number of pyridine rings is 1. The number of hydrogen-bond donors (Lipinski definition) is 1. The Bertz CT molecular complexity index is 1220. The Morgan fingerprint density at radius 2 is 1.81 bits per heavy atom. The number of hydrogen-bond acceptors (Lipinski definition) is 5. The molecule has 0 saturated heterocycles. The van der Waals surface area contributed by atoms with Crippen LogP contribution in [-0.2, 0) is 30.7 Å². The highest BCUT2D eigenvalue weighted by Gasteiger charge is 2.24. The van der Waals surface area contributed by atoms with Crippen LogP contribution in [0.4, 0.5) is 4.79 Å². The van der Waals surface area contributed by atoms with Gasteiger partial charge in [0.15, 0.2) is 0 Å². The molecule has 0 unspecified atom stereocenters. The number of carbonyl (C=O) groups excluding carboxylic acids is 1. The molecular weight excluding hydrogens is 450 g/mol. The van der Waals surface area contributed by atoms with E-state index in [4.69, 9.17) is 9.47 Å². The predicted octanol–water partition coefficient (Wildman–Crippen LogP) is 5.69. The molecule has 1 aliphatic heterocycles. The highest BCUT2D eigenvalue weighted by molar-refractivity contribution is 5.73. The molecule has 0 fully saturated rings. The topological polar surface area (TPSA) is 63.7 Å². The second-order valence-corrected chi connectivity index (χ2v) is 10.4. The number of rotatable bonds is 6. The number of carbonyl (C=O) groups is 1. The largest absolute Gasteiger partial charge is 0.487 e. The van der Waals surface area contributed by atoms with Crippen LogP contribution in [0.15, 0.2) is 54.7 Å². The van der Waals surface area contributed by atoms with Crippen LogP contribution in [0, 0.1) is 6.92 Å². The van der Waals surface area contributed by atoms with Gasteiger partial charge < -0.3 is 19.7 Å². The lowest BCUT2D eigenvalue weighted by atomic mass is 9.95. The van der Waals surface area contributed by atoms with Crippen molar-refractivity contribution in [3.8, 4) is 16.9 Å². The Morgan fingerprint density at radius 3 is 2.53 bits per heavy atom. The summed E-state index contributed by atoms with van der Waals surface area (Å²) in [5, 5.41) is 3.24. The van der Waals surface area contributed by atoms with E-state index in [-0.39, 0.29) is 6.09 Å². The van der Waals surface area contributed by atoms with Crippen LogP contribution >= 0.6 is 0 Å². The number of amides is 1. The number of nitrogens with one attached hydrogen (secondary N) is 1. The van der Waals surface area contributed by atoms with Gasteiger partial charge in [-0.05, 0) is 99.7 Å². The molecule has 1 amide bonds. The molecule has 0 bridgehead atoms. The van der Waals surface area contributed by atoms with Gasteiger partial charge in [0, 0.05) is 31.4 Å². The third-order valence-electron chi connectivity index (χ3n) is 6.24. The number of fused-ring (bicyclic) bond motifs is 1. The molecule has 1 aromatic heterocycles. The van der Waals surface area contributed by atoms with Gasteiger partial charge in [0.05, 0.1) is 5.69 Å². The summed E-state index contributed by atoms with van der Waals surface area (Å²) in [5.41, 5.74) is 7.50. The maximum atomic E-state index is 12.6. The van der Waals surface area contributed by atoms with Gasteiger partial charge in [-0.2, -0.15) is 0 Å². The molecule has 190 valence electrons. The molecule has 0 saturated carbocycles. The van der Waals surface area contributed by atoms with E-state index < -0.39 is 5.60 Å². The Kier molecular flexibility index (Phi) is 7.94. The number of nitrogens with zero attached hydrogens (tertiary/aromatic N) is 2. The summed E-state index contributed by atoms with van der Waals surface area (Å²) < 4.78 is 11.9. The molecule has 1 aliphatic rings. The molecule has 0 spiro atoms. The van der Waals surface area contributed by atoms with Crippen molar-refractivity contribution in [3.05, 3.63) is 82.7 Å². The minimum absolute atomic E-state index is 0.240. The first kappa shape index (κ1) is 25.7. The summed E-state index contributed by atoms with van der Waals surface area (Å²) in [4.78, 5) is 18.9. The summed E-state index contributed by atoms with van der Waals surface area (Å²) in [5.74, 6) is 0.835. The Hall–Kier alpha value is -3.38. The SMILES string of the molecule is CNCc1ccc(OCc2cc(C)ccn2)c(-c2ccc3c(c2)CCN(C(=O)OC(C)(C)C)CC3)c1. The van der Waals surface area contributed by atoms with E-state index in [1.165, 1.54) is 22.3 Å². The third kappa shape index (κ3) is 6.64. The lowest BCUT2D eigenvalue weighted by Crippen LogP contribution is -2.38. The quantitative estimate of drug-likeness (QED) is 0.484. The monoisotopic (exact) mass is 487 g/mol. The van der Waals surface area contributed by atoms with Crippen LogP contribution in [0.5, 0.6) is 5.75 Å². The Balaban J connectivity index is 1.58. The smallest absolute Gasteiger partial charge is 0.410 e. The van der Waals surface area contributed by atoms with E-state index in [2.05, 4.69) is 47.6 Å². The maximum Gasteiger partial charge on any atom is 0.410 e. The molecule has 0 radical (unpaired) electrons. The first-order chi connectivity index (χ1) is 17.2. The van der Waals surface area contributed by atoms with E-state index in [0.717, 1.165) is 42.0 Å². The van der Waals surface area contributed by atoms with Crippen molar-refractivity contribution in [2.24, 2.45) is 0 Å². The minimum Gasteiger partial charge on any atom is -0.487 e. The number of aromatic nitrogens is 1. The fraction of sp³-hybridized carbons (Fsp3) is 0.400. The molecular formula is C30H37N3O3. The standard InChI is InChI=1S/C30H37N3O3/c1-21-10-13-32-26(16-21)20-35-28-9-6-22(19-31-5)17-27(28)25-8-7-23-11-14-33(15-12-24(23)18-25)29(34)36-30(2,3)4/h6-10,13,16-18,31H,11-12,14-15,19-20H2,1-5H3. The average Bonchev–Trinajstić information content (AvgIpc) is 3.05. The van der Waals surface area contributed by atoms with Gasteiger partial charge in [-0.1, -0.05) is 24.3 Å². The highest BCUT2D eigenvalue weighted by Crippen LogP contribution is 2.34. The molecule has 4 rings (SSSR count). The van der Waals surface area contributed by atoms with Crippen LogP contribution in [-0.4, -0.2) is 41.7 Å². The van der Waals surface area contributed by atoms with Crippen LogP contribution in [0.1, 0.15) is 48.7 Å². The molecule has 1 N–H and O–H groups in total. The number of benzene rings is 2. The lowest BCUT2D eigenvalue weighted by Gasteiger charge is -2.26. The van der Waals surface area contributed by atoms with E-state index in [1.54, 1.807) is 0 Å². The summed E-state index contributed by atoms with van der Waals surface area (Å²) in [6, 6.07) is 17.0. The van der Waals surface area contributed by atoms with Crippen molar-refractivity contribution in [1.29, 1.82) is 0 Å². The minimum atomic E-state index is -0.494. The molecule has 2 heterocycles. The van der Waals surface area contributed by atoms with Crippen molar-refractivity contribution in [1.82, 2.24) is 15.2 Å². The van der Waals surface area contributed by atoms with Gasteiger partial charge in [0.1, 0.15) is 18.0 Å². The van der Waals surface area contributed by atoms with E-state index in [9.17, 15) is 4.79 Å². The van der Waals surface area contributed by atoms with Crippen LogP contribution < -0.4 is 10.1 Å². The molecule has 3 aromatic rings. The highest BCUT2D eigenvalue weighted by atomic mass is 16.6. The molecule has 0 aliphatic carbocycles. The molecule has 0 atom stereocenters. The molecule has 6 nitrogen and oxygen atoms in total. The third-order valence-corrected chi connectivity index (χ3v) is 6.24. The predicted molar refractivity (Wildman–Crippen MR) is 143 cm³/mol. The lowest BCUT2D eigenvalue weighted by molar-refractivity contribution is 0.0258. The van der Waals surface area contributed by atoms with Crippen molar-refractivity contribution in [2.75, 3.05) is 20.1 Å². The van der Waals surface area contributed by atoms with Gasteiger partial charge in [-0.25, -0.2) is 4.79 Å². The van der Waals surface area contributed by atoms with Gasteiger partial charge in [0.2, 0.25) is 0 Å². The Labute approximate surface area is 214 Å². The first-order valence-electron chi connectivity index (χ1n) is 12.6. The van der Waals surface area contributed by atoms with Crippen molar-refractivity contribution in [2.45, 2.75) is 59.3 Å². The summed E-state index contributed by atoms with van der Waals surface area (Å²) >= 11 is 0. The summed E-state index contributed by atoms with van der Waals surface area (Å²) in [6.45, 7) is 10.3. The van der Waals surface area contributed by atoms with Crippen molar-refractivity contribution in [3.63, 3.8) is 0 Å². The van der Waals surface area contributed by atoms with E-state index in [0.29, 0.717) is 19.7 Å². The van der Waals surface area contributed by atoms with Crippen molar-refractivity contribution >= 4 is 6.09 Å². The normalized spacial score (nSPS) is 13.6. The fourth-order valence-corrected chi connectivity index (χ4v) is 4.47. The zero-order valence-corrected chi connectivity index (χ0v) is 22.1. The molecule has 6 heteroatoms. The maximum absolute atomic E-state index is 12.6. The van der Waals surface area contributed by atoms with Crippen LogP contribution in [0.2, 0.25) is 0 Å². The zero-order chi connectivity index (χ0) is 25.7. The van der Waals surface area contributed by atoms with E-state index >= 15 is 0 Å². The number of aryl methyl sites for hydroxylation is 1. The van der Waals surface area contributed by atoms with Gasteiger partial charge in [-0.15, -0.1) is 0 Å². The second-order valence-electron chi connectivity index (χ2n) is 10.4. The molecule has 36 heavy (non-hydrogen) atoms. The summed E-state index contributed by atoms with van der Waals surface area (Å²) in [6.07, 6.45) is 3.19. The van der Waals surface area contributed by atoms with Crippen molar-refractivity contribution < 1.29 is 14.3 Å². The van der Waals surface area contributed by atoms with Gasteiger partial charge in [0.25, 0.3) is 0 Å². The van der Waals surface area contributed by atoms with Gasteiger partial charge >= 0.3 is 6.09 Å². The second kappa shape index (κ2) is 11.1. The average molecular weight is 488 g/mol.